The fourth-order valence-electron chi connectivity index (χ4n) is 6.92. The molecule has 4 atom stereocenters. The molecule has 3 fully saturated rings. The molecule has 2 bridgehead atoms. The topological polar surface area (TPSA) is 40.5 Å². The largest absolute Gasteiger partial charge is 0.505 e. The zero-order valence-electron chi connectivity index (χ0n) is 15.1. The van der Waals surface area contributed by atoms with E-state index in [-0.39, 0.29) is 22.3 Å². The molecule has 6 heteroatoms. The van der Waals surface area contributed by atoms with Crippen molar-refractivity contribution in [2.24, 2.45) is 11.8 Å². The Bertz CT molecular complexity index is 944. The van der Waals surface area contributed by atoms with Crippen molar-refractivity contribution in [1.82, 2.24) is 0 Å². The van der Waals surface area contributed by atoms with Crippen LogP contribution in [-0.2, 0) is 10.8 Å². The van der Waals surface area contributed by atoms with Gasteiger partial charge in [-0.2, -0.15) is 0 Å². The molecule has 0 saturated heterocycles. The van der Waals surface area contributed by atoms with Gasteiger partial charge in [-0.3, -0.25) is 0 Å². The maximum absolute atomic E-state index is 10.1. The minimum Gasteiger partial charge on any atom is -0.505 e. The Morgan fingerprint density at radius 3 is 1.86 bits per heavy atom. The summed E-state index contributed by atoms with van der Waals surface area (Å²) in [5.74, 6) is 1.05. The average Bonchev–Trinajstić information content (AvgIpc) is 3.34. The van der Waals surface area contributed by atoms with Crippen LogP contribution >= 0.6 is 46.4 Å². The van der Waals surface area contributed by atoms with Gasteiger partial charge in [-0.1, -0.05) is 52.8 Å². The van der Waals surface area contributed by atoms with Crippen LogP contribution in [0.1, 0.15) is 49.7 Å². The number of phenolic OH excluding ortho intramolecular Hbond substituents is 2. The SMILES string of the molecule is Oc1c(Cl)cc(C23CCC(C2)C2CCCC23c2cc(Cl)c(O)c(Cl)c2)cc1Cl. The van der Waals surface area contributed by atoms with Crippen molar-refractivity contribution in [3.05, 3.63) is 55.5 Å². The lowest BCUT2D eigenvalue weighted by Gasteiger charge is -2.49. The normalized spacial score (nSPS) is 33.4. The fraction of sp³-hybridized carbons (Fsp3) is 0.455. The summed E-state index contributed by atoms with van der Waals surface area (Å²) < 4.78 is 0. The summed E-state index contributed by atoms with van der Waals surface area (Å²) in [6.45, 7) is 0. The summed E-state index contributed by atoms with van der Waals surface area (Å²) in [7, 11) is 0. The van der Waals surface area contributed by atoms with E-state index in [0.29, 0.717) is 31.9 Å². The van der Waals surface area contributed by atoms with E-state index in [0.717, 1.165) is 36.8 Å². The average molecular weight is 458 g/mol. The molecular weight excluding hydrogens is 438 g/mol. The first-order chi connectivity index (χ1) is 13.3. The summed E-state index contributed by atoms with van der Waals surface area (Å²) in [6.07, 6.45) is 6.68. The molecule has 0 heterocycles. The third-order valence-corrected chi connectivity index (χ3v) is 8.95. The van der Waals surface area contributed by atoms with Gasteiger partial charge in [-0.05, 0) is 79.3 Å². The molecule has 2 aromatic rings. The Balaban J connectivity index is 1.78. The van der Waals surface area contributed by atoms with Gasteiger partial charge >= 0.3 is 0 Å². The van der Waals surface area contributed by atoms with Crippen LogP contribution in [0.15, 0.2) is 24.3 Å². The van der Waals surface area contributed by atoms with Crippen LogP contribution in [0, 0.1) is 11.8 Å². The first kappa shape index (κ1) is 19.2. The molecular formula is C22H20Cl4O2. The van der Waals surface area contributed by atoms with E-state index in [1.807, 2.05) is 24.3 Å². The van der Waals surface area contributed by atoms with Crippen LogP contribution in [-0.4, -0.2) is 10.2 Å². The van der Waals surface area contributed by atoms with Crippen molar-refractivity contribution >= 4 is 46.4 Å². The first-order valence-electron chi connectivity index (χ1n) is 9.67. The smallest absolute Gasteiger partial charge is 0.152 e. The van der Waals surface area contributed by atoms with E-state index < -0.39 is 0 Å². The summed E-state index contributed by atoms with van der Waals surface area (Å²) in [5.41, 5.74) is 1.96. The Morgan fingerprint density at radius 2 is 1.29 bits per heavy atom. The number of fused-ring (bicyclic) bond motifs is 5. The summed E-state index contributed by atoms with van der Waals surface area (Å²) in [4.78, 5) is 0. The zero-order valence-corrected chi connectivity index (χ0v) is 18.1. The summed E-state index contributed by atoms with van der Waals surface area (Å²) >= 11 is 25.3. The third-order valence-electron chi connectivity index (χ3n) is 7.80. The monoisotopic (exact) mass is 456 g/mol. The van der Waals surface area contributed by atoms with Crippen LogP contribution in [0.2, 0.25) is 20.1 Å². The van der Waals surface area contributed by atoms with Crippen LogP contribution in [0.25, 0.3) is 0 Å². The van der Waals surface area contributed by atoms with Crippen LogP contribution in [0.4, 0.5) is 0 Å². The molecule has 3 aliphatic rings. The van der Waals surface area contributed by atoms with Gasteiger partial charge in [-0.25, -0.2) is 0 Å². The highest BCUT2D eigenvalue weighted by atomic mass is 35.5. The Hall–Kier alpha value is -0.800. The highest BCUT2D eigenvalue weighted by Gasteiger charge is 2.69. The van der Waals surface area contributed by atoms with Crippen molar-refractivity contribution < 1.29 is 10.2 Å². The van der Waals surface area contributed by atoms with Crippen molar-refractivity contribution in [1.29, 1.82) is 0 Å². The van der Waals surface area contributed by atoms with Crippen molar-refractivity contribution in [3.8, 4) is 11.5 Å². The fourth-order valence-corrected chi connectivity index (χ4v) is 7.89. The minimum absolute atomic E-state index is 0.0639. The van der Waals surface area contributed by atoms with Gasteiger partial charge in [0, 0.05) is 10.8 Å². The van der Waals surface area contributed by atoms with E-state index in [4.69, 9.17) is 46.4 Å². The minimum atomic E-state index is -0.122. The van der Waals surface area contributed by atoms with E-state index in [1.54, 1.807) is 0 Å². The Kier molecular flexibility index (Phi) is 4.35. The molecule has 2 aromatic carbocycles. The second-order valence-electron chi connectivity index (χ2n) is 8.63. The summed E-state index contributed by atoms with van der Waals surface area (Å²) in [5, 5.41) is 21.4. The zero-order chi connectivity index (χ0) is 19.8. The molecule has 148 valence electrons. The van der Waals surface area contributed by atoms with Gasteiger partial charge in [0.25, 0.3) is 0 Å². The van der Waals surface area contributed by atoms with Gasteiger partial charge in [0.2, 0.25) is 0 Å². The third kappa shape index (κ3) is 2.29. The molecule has 3 saturated carbocycles. The van der Waals surface area contributed by atoms with Gasteiger partial charge < -0.3 is 10.2 Å². The lowest BCUT2D eigenvalue weighted by molar-refractivity contribution is 0.170. The predicted molar refractivity (Wildman–Crippen MR) is 114 cm³/mol. The Labute approximate surface area is 184 Å². The molecule has 0 spiro atoms. The van der Waals surface area contributed by atoms with Crippen LogP contribution < -0.4 is 0 Å². The molecule has 0 aliphatic heterocycles. The number of aromatic hydroxyl groups is 2. The van der Waals surface area contributed by atoms with Crippen molar-refractivity contribution in [2.45, 2.75) is 49.4 Å². The highest BCUT2D eigenvalue weighted by Crippen LogP contribution is 2.74. The standard InChI is InChI=1S/C22H20Cl4O2/c23-15-6-12(7-16(24)19(15)27)21-5-3-11(10-21)14-2-1-4-22(14,21)13-8-17(25)20(28)18(26)9-13/h6-9,11,14,27-28H,1-5,10H2. The van der Waals surface area contributed by atoms with Crippen molar-refractivity contribution in [2.75, 3.05) is 0 Å². The molecule has 2 N–H and O–H groups in total. The second kappa shape index (κ2) is 6.35. The second-order valence-corrected chi connectivity index (χ2v) is 10.3. The van der Waals surface area contributed by atoms with E-state index in [1.165, 1.54) is 12.8 Å². The van der Waals surface area contributed by atoms with Gasteiger partial charge in [0.1, 0.15) is 0 Å². The van der Waals surface area contributed by atoms with Gasteiger partial charge in [-0.15, -0.1) is 0 Å². The molecule has 0 radical (unpaired) electrons. The molecule has 28 heavy (non-hydrogen) atoms. The first-order valence-corrected chi connectivity index (χ1v) is 11.2. The molecule has 3 aliphatic carbocycles. The van der Waals surface area contributed by atoms with Crippen molar-refractivity contribution in [3.63, 3.8) is 0 Å². The maximum Gasteiger partial charge on any atom is 0.152 e. The number of hydrogen-bond acceptors (Lipinski definition) is 2. The van der Waals surface area contributed by atoms with Crippen LogP contribution in [0.5, 0.6) is 11.5 Å². The number of hydrogen-bond donors (Lipinski definition) is 2. The maximum atomic E-state index is 10.1. The molecule has 2 nitrogen and oxygen atoms in total. The number of halogens is 4. The summed E-state index contributed by atoms with van der Waals surface area (Å²) in [6, 6.07) is 7.56. The number of benzene rings is 2. The van der Waals surface area contributed by atoms with E-state index in [9.17, 15) is 10.2 Å². The lowest BCUT2D eigenvalue weighted by atomic mass is 9.54. The lowest BCUT2D eigenvalue weighted by Crippen LogP contribution is -2.47. The molecule has 4 unspecified atom stereocenters. The van der Waals surface area contributed by atoms with E-state index in [2.05, 4.69) is 0 Å². The van der Waals surface area contributed by atoms with Gasteiger partial charge in [0.15, 0.2) is 11.5 Å². The molecule has 0 aromatic heterocycles. The quantitative estimate of drug-likeness (QED) is 0.489. The molecule has 5 rings (SSSR count). The molecule has 0 amide bonds. The highest BCUT2D eigenvalue weighted by molar-refractivity contribution is 6.37. The predicted octanol–water partition coefficient (Wildman–Crippen LogP) is 7.50. The Morgan fingerprint density at radius 1 is 0.750 bits per heavy atom. The number of rotatable bonds is 2. The van der Waals surface area contributed by atoms with Gasteiger partial charge in [0.05, 0.1) is 20.1 Å². The number of phenols is 2. The van der Waals surface area contributed by atoms with E-state index >= 15 is 0 Å². The van der Waals surface area contributed by atoms with Crippen LogP contribution in [0.3, 0.4) is 0 Å².